The second-order valence-corrected chi connectivity index (χ2v) is 8.76. The largest absolute Gasteiger partial charge is 0.346 e. The maximum absolute atomic E-state index is 12.7. The zero-order valence-electron chi connectivity index (χ0n) is 17.2. The number of fused-ring (bicyclic) bond motifs is 1. The second-order valence-electron chi connectivity index (χ2n) is 8.76. The van der Waals surface area contributed by atoms with Crippen molar-refractivity contribution in [3.8, 4) is 0 Å². The van der Waals surface area contributed by atoms with Crippen LogP contribution in [0.1, 0.15) is 71.8 Å². The van der Waals surface area contributed by atoms with Gasteiger partial charge in [0.25, 0.3) is 5.91 Å². The normalized spacial score (nSPS) is 20.6. The van der Waals surface area contributed by atoms with Gasteiger partial charge in [-0.2, -0.15) is 0 Å². The minimum absolute atomic E-state index is 0.00569. The van der Waals surface area contributed by atoms with Crippen molar-refractivity contribution >= 4 is 5.91 Å². The molecule has 3 nitrogen and oxygen atoms in total. The predicted octanol–water partition coefficient (Wildman–Crippen LogP) is 4.90. The Morgan fingerprint density at radius 1 is 1.11 bits per heavy atom. The van der Waals surface area contributed by atoms with E-state index in [1.54, 1.807) is 0 Å². The molecule has 1 aliphatic heterocycles. The molecule has 1 N–H and O–H groups in total. The van der Waals surface area contributed by atoms with E-state index in [0.29, 0.717) is 0 Å². The van der Waals surface area contributed by atoms with E-state index in [1.807, 2.05) is 12.1 Å². The maximum Gasteiger partial charge on any atom is 0.251 e. The van der Waals surface area contributed by atoms with Crippen LogP contribution in [0, 0.1) is 5.92 Å². The van der Waals surface area contributed by atoms with E-state index >= 15 is 0 Å². The van der Waals surface area contributed by atoms with E-state index in [0.717, 1.165) is 18.0 Å². The minimum Gasteiger partial charge on any atom is -0.346 e. The molecule has 2 aliphatic rings. The van der Waals surface area contributed by atoms with Crippen LogP contribution in [0.3, 0.4) is 0 Å². The van der Waals surface area contributed by atoms with Gasteiger partial charge in [-0.05, 0) is 85.9 Å². The molecule has 0 spiro atoms. The molecule has 28 heavy (non-hydrogen) atoms. The van der Waals surface area contributed by atoms with Crippen LogP contribution in [0.25, 0.3) is 0 Å². The summed E-state index contributed by atoms with van der Waals surface area (Å²) in [6, 6.07) is 14.8. The fraction of sp³-hybridized carbons (Fsp3) is 0.480. The molecule has 148 valence electrons. The molecular formula is C25H32N2O. The Bertz CT molecular complexity index is 827. The second kappa shape index (κ2) is 8.48. The number of piperidine rings is 1. The molecule has 1 fully saturated rings. The Labute approximate surface area is 169 Å². The third-order valence-electron chi connectivity index (χ3n) is 6.33. The summed E-state index contributed by atoms with van der Waals surface area (Å²) >= 11 is 0. The van der Waals surface area contributed by atoms with Gasteiger partial charge < -0.3 is 5.32 Å². The quantitative estimate of drug-likeness (QED) is 0.805. The third-order valence-corrected chi connectivity index (χ3v) is 6.33. The molecule has 2 aromatic carbocycles. The summed E-state index contributed by atoms with van der Waals surface area (Å²) in [6.45, 7) is 7.76. The molecule has 0 radical (unpaired) electrons. The summed E-state index contributed by atoms with van der Waals surface area (Å²) in [7, 11) is 0. The molecule has 1 saturated heterocycles. The lowest BCUT2D eigenvalue weighted by atomic mass is 9.99. The molecule has 0 saturated carbocycles. The molecule has 2 aromatic rings. The SMILES string of the molecule is C[C@@H]1CCCN(Cc2ccc(C(=O)N[C@@H](C)c3ccc4c(c3)CCC4)cc2)C1. The average Bonchev–Trinajstić information content (AvgIpc) is 3.16. The van der Waals surface area contributed by atoms with Crippen LogP contribution in [-0.2, 0) is 19.4 Å². The van der Waals surface area contributed by atoms with E-state index in [1.165, 1.54) is 67.4 Å². The Kier molecular flexibility index (Phi) is 5.82. The number of nitrogens with one attached hydrogen (secondary N) is 1. The number of benzene rings is 2. The van der Waals surface area contributed by atoms with Crippen LogP contribution < -0.4 is 5.32 Å². The Balaban J connectivity index is 1.35. The first kappa shape index (κ1) is 19.2. The number of aryl methyl sites for hydroxylation is 2. The maximum atomic E-state index is 12.7. The summed E-state index contributed by atoms with van der Waals surface area (Å²) in [4.78, 5) is 15.2. The number of likely N-dealkylation sites (tertiary alicyclic amines) is 1. The molecule has 0 bridgehead atoms. The van der Waals surface area contributed by atoms with E-state index in [9.17, 15) is 4.79 Å². The zero-order chi connectivity index (χ0) is 19.5. The molecule has 0 unspecified atom stereocenters. The molecule has 3 heteroatoms. The third kappa shape index (κ3) is 4.47. The van der Waals surface area contributed by atoms with Gasteiger partial charge in [0, 0.05) is 18.7 Å². The van der Waals surface area contributed by atoms with Crippen molar-refractivity contribution in [1.29, 1.82) is 0 Å². The van der Waals surface area contributed by atoms with Gasteiger partial charge in [-0.1, -0.05) is 37.3 Å². The van der Waals surface area contributed by atoms with Gasteiger partial charge in [0.2, 0.25) is 0 Å². The average molecular weight is 377 g/mol. The van der Waals surface area contributed by atoms with Crippen LogP contribution in [0.4, 0.5) is 0 Å². The summed E-state index contributed by atoms with van der Waals surface area (Å²) in [5, 5.41) is 3.16. The Morgan fingerprint density at radius 3 is 2.68 bits per heavy atom. The van der Waals surface area contributed by atoms with E-state index in [4.69, 9.17) is 0 Å². The van der Waals surface area contributed by atoms with Gasteiger partial charge >= 0.3 is 0 Å². The number of amides is 1. The molecule has 1 aliphatic carbocycles. The number of nitrogens with zero attached hydrogens (tertiary/aromatic N) is 1. The van der Waals surface area contributed by atoms with Crippen molar-refractivity contribution < 1.29 is 4.79 Å². The highest BCUT2D eigenvalue weighted by Gasteiger charge is 2.17. The highest BCUT2D eigenvalue weighted by molar-refractivity contribution is 5.94. The number of rotatable bonds is 5. The standard InChI is InChI=1S/C25H32N2O/c1-18-5-4-14-27(16-18)17-20-8-10-22(11-9-20)25(28)26-19(2)23-13-12-21-6-3-7-24(21)15-23/h8-13,15,18-19H,3-7,14,16-17H2,1-2H3,(H,26,28)/t18-,19+/m1/s1. The van der Waals surface area contributed by atoms with Gasteiger partial charge in [0.15, 0.2) is 0 Å². The highest BCUT2D eigenvalue weighted by atomic mass is 16.1. The van der Waals surface area contributed by atoms with Crippen molar-refractivity contribution in [2.24, 2.45) is 5.92 Å². The van der Waals surface area contributed by atoms with Crippen molar-refractivity contribution in [2.75, 3.05) is 13.1 Å². The van der Waals surface area contributed by atoms with E-state index in [2.05, 4.69) is 54.4 Å². The van der Waals surface area contributed by atoms with Crippen molar-refractivity contribution in [1.82, 2.24) is 10.2 Å². The first-order valence-electron chi connectivity index (χ1n) is 10.8. The van der Waals surface area contributed by atoms with Crippen LogP contribution in [0.2, 0.25) is 0 Å². The fourth-order valence-electron chi connectivity index (χ4n) is 4.67. The topological polar surface area (TPSA) is 32.3 Å². The summed E-state index contributed by atoms with van der Waals surface area (Å²) < 4.78 is 0. The molecule has 1 amide bonds. The summed E-state index contributed by atoms with van der Waals surface area (Å²) in [6.07, 6.45) is 6.25. The number of carbonyl (C=O) groups is 1. The Morgan fingerprint density at radius 2 is 1.89 bits per heavy atom. The van der Waals surface area contributed by atoms with Crippen LogP contribution >= 0.6 is 0 Å². The van der Waals surface area contributed by atoms with E-state index < -0.39 is 0 Å². The van der Waals surface area contributed by atoms with E-state index in [-0.39, 0.29) is 11.9 Å². The first-order chi connectivity index (χ1) is 13.6. The molecule has 0 aromatic heterocycles. The van der Waals surface area contributed by atoms with Crippen molar-refractivity contribution in [2.45, 2.75) is 58.5 Å². The molecule has 4 rings (SSSR count). The lowest BCUT2D eigenvalue weighted by molar-refractivity contribution is 0.0940. The molecule has 1 heterocycles. The predicted molar refractivity (Wildman–Crippen MR) is 114 cm³/mol. The van der Waals surface area contributed by atoms with Crippen molar-refractivity contribution in [3.63, 3.8) is 0 Å². The number of carbonyl (C=O) groups excluding carboxylic acids is 1. The highest BCUT2D eigenvalue weighted by Crippen LogP contribution is 2.25. The van der Waals surface area contributed by atoms with Gasteiger partial charge in [-0.15, -0.1) is 0 Å². The summed E-state index contributed by atoms with van der Waals surface area (Å²) in [5.74, 6) is 0.797. The molecule has 2 atom stereocenters. The van der Waals surface area contributed by atoms with Crippen LogP contribution in [0.15, 0.2) is 42.5 Å². The van der Waals surface area contributed by atoms with Crippen LogP contribution in [-0.4, -0.2) is 23.9 Å². The summed E-state index contributed by atoms with van der Waals surface area (Å²) in [5.41, 5.74) is 6.15. The Hall–Kier alpha value is -2.13. The van der Waals surface area contributed by atoms with Gasteiger partial charge in [-0.3, -0.25) is 9.69 Å². The lowest BCUT2D eigenvalue weighted by Crippen LogP contribution is -2.33. The van der Waals surface area contributed by atoms with Gasteiger partial charge in [0.1, 0.15) is 0 Å². The smallest absolute Gasteiger partial charge is 0.251 e. The van der Waals surface area contributed by atoms with Crippen LogP contribution in [0.5, 0.6) is 0 Å². The monoisotopic (exact) mass is 376 g/mol. The minimum atomic E-state index is 0.00569. The number of hydrogen-bond acceptors (Lipinski definition) is 2. The molecular weight excluding hydrogens is 344 g/mol. The lowest BCUT2D eigenvalue weighted by Gasteiger charge is -2.30. The van der Waals surface area contributed by atoms with Gasteiger partial charge in [0.05, 0.1) is 6.04 Å². The van der Waals surface area contributed by atoms with Crippen molar-refractivity contribution in [3.05, 3.63) is 70.3 Å². The number of hydrogen-bond donors (Lipinski definition) is 1. The first-order valence-corrected chi connectivity index (χ1v) is 10.8. The van der Waals surface area contributed by atoms with Gasteiger partial charge in [-0.25, -0.2) is 0 Å². The fourth-order valence-corrected chi connectivity index (χ4v) is 4.67. The zero-order valence-corrected chi connectivity index (χ0v) is 17.2.